The summed E-state index contributed by atoms with van der Waals surface area (Å²) in [5, 5.41) is 10.3. The molecule has 0 spiro atoms. The molecule has 0 bridgehead atoms. The van der Waals surface area contributed by atoms with Crippen molar-refractivity contribution in [1.29, 1.82) is 5.26 Å². The second kappa shape index (κ2) is 8.29. The fourth-order valence-corrected chi connectivity index (χ4v) is 4.07. The lowest BCUT2D eigenvalue weighted by molar-refractivity contribution is 0.124. The molecule has 2 aromatic rings. The molecule has 1 aromatic heterocycles. The fourth-order valence-electron chi connectivity index (χ4n) is 2.81. The van der Waals surface area contributed by atoms with Crippen LogP contribution < -0.4 is 4.74 Å². The summed E-state index contributed by atoms with van der Waals surface area (Å²) in [6, 6.07) is 9.55. The molecule has 0 N–H and O–H groups in total. The second-order valence-electron chi connectivity index (χ2n) is 6.32. The molecule has 0 radical (unpaired) electrons. The van der Waals surface area contributed by atoms with E-state index in [1.807, 2.05) is 37.3 Å². The molecule has 0 amide bonds. The third kappa shape index (κ3) is 4.90. The predicted molar refractivity (Wildman–Crippen MR) is 101 cm³/mol. The Hall–Kier alpha value is -2.76. The van der Waals surface area contributed by atoms with Crippen molar-refractivity contribution in [2.45, 2.75) is 25.9 Å². The van der Waals surface area contributed by atoms with Crippen LogP contribution in [0, 0.1) is 18.3 Å². The van der Waals surface area contributed by atoms with E-state index in [-0.39, 0.29) is 24.2 Å². The molecule has 1 fully saturated rings. The normalized spacial score (nSPS) is 18.3. The quantitative estimate of drug-likeness (QED) is 0.786. The van der Waals surface area contributed by atoms with Gasteiger partial charge in [0.2, 0.25) is 15.7 Å². The average Bonchev–Trinajstić information content (AvgIpc) is 2.68. The summed E-state index contributed by atoms with van der Waals surface area (Å²) in [6.45, 7) is 2.63. The maximum absolute atomic E-state index is 12.7. The molecule has 3 rings (SSSR count). The lowest BCUT2D eigenvalue weighted by Gasteiger charge is -2.31. The first-order chi connectivity index (χ1) is 13.0. The van der Waals surface area contributed by atoms with E-state index in [4.69, 9.17) is 10.00 Å². The minimum Gasteiger partial charge on any atom is -0.471 e. The van der Waals surface area contributed by atoms with Gasteiger partial charge in [0.15, 0.2) is 0 Å². The Morgan fingerprint density at radius 1 is 1.26 bits per heavy atom. The zero-order chi connectivity index (χ0) is 19.3. The number of hydrogen-bond acceptors (Lipinski definition) is 6. The zero-order valence-electron chi connectivity index (χ0n) is 14.9. The number of rotatable bonds is 5. The molecule has 0 aliphatic carbocycles. The Bertz CT molecular complexity index is 965. The van der Waals surface area contributed by atoms with Gasteiger partial charge in [0, 0.05) is 24.3 Å². The van der Waals surface area contributed by atoms with E-state index in [1.54, 1.807) is 6.08 Å². The van der Waals surface area contributed by atoms with Gasteiger partial charge in [-0.05, 0) is 31.4 Å². The Kier molecular flexibility index (Phi) is 5.84. The van der Waals surface area contributed by atoms with Crippen LogP contribution in [0.5, 0.6) is 5.88 Å². The van der Waals surface area contributed by atoms with Crippen LogP contribution in [-0.2, 0) is 10.0 Å². The Labute approximate surface area is 159 Å². The molecule has 2 heterocycles. The molecule has 27 heavy (non-hydrogen) atoms. The summed E-state index contributed by atoms with van der Waals surface area (Å²) >= 11 is 0. The van der Waals surface area contributed by atoms with Crippen molar-refractivity contribution < 1.29 is 13.2 Å². The molecule has 7 nitrogen and oxygen atoms in total. The predicted octanol–water partition coefficient (Wildman–Crippen LogP) is 2.50. The molecule has 0 saturated carbocycles. The molecule has 140 valence electrons. The second-order valence-corrected chi connectivity index (χ2v) is 8.14. The number of ether oxygens (including phenoxy) is 1. The van der Waals surface area contributed by atoms with Gasteiger partial charge < -0.3 is 4.74 Å². The van der Waals surface area contributed by atoms with E-state index in [9.17, 15) is 8.42 Å². The largest absolute Gasteiger partial charge is 0.471 e. The van der Waals surface area contributed by atoms with Gasteiger partial charge in [-0.25, -0.2) is 18.4 Å². The van der Waals surface area contributed by atoms with Crippen molar-refractivity contribution >= 4 is 16.1 Å². The van der Waals surface area contributed by atoms with Crippen LogP contribution in [-0.4, -0.2) is 41.9 Å². The first-order valence-electron chi connectivity index (χ1n) is 8.60. The highest BCUT2D eigenvalue weighted by molar-refractivity contribution is 7.92. The summed E-state index contributed by atoms with van der Waals surface area (Å²) in [7, 11) is -3.56. The zero-order valence-corrected chi connectivity index (χ0v) is 15.8. The van der Waals surface area contributed by atoms with Gasteiger partial charge in [0.1, 0.15) is 12.2 Å². The molecular formula is C19H20N4O3S. The lowest BCUT2D eigenvalue weighted by Crippen LogP contribution is -2.43. The average molecular weight is 384 g/mol. The summed E-state index contributed by atoms with van der Waals surface area (Å²) < 4.78 is 32.4. The van der Waals surface area contributed by atoms with Crippen molar-refractivity contribution in [3.63, 3.8) is 0 Å². The van der Waals surface area contributed by atoms with Crippen LogP contribution in [0.15, 0.2) is 42.1 Å². The lowest BCUT2D eigenvalue weighted by atomic mass is 10.1. The van der Waals surface area contributed by atoms with Gasteiger partial charge in [-0.2, -0.15) is 9.57 Å². The van der Waals surface area contributed by atoms with Gasteiger partial charge in [-0.15, -0.1) is 0 Å². The van der Waals surface area contributed by atoms with Crippen LogP contribution in [0.4, 0.5) is 0 Å². The minimum absolute atomic E-state index is 0.0942. The van der Waals surface area contributed by atoms with Gasteiger partial charge >= 0.3 is 0 Å². The summed E-state index contributed by atoms with van der Waals surface area (Å²) in [5.74, 6) is 0.138. The highest BCUT2D eigenvalue weighted by Crippen LogP contribution is 2.21. The molecule has 1 unspecified atom stereocenters. The van der Waals surface area contributed by atoms with E-state index in [1.165, 1.54) is 22.1 Å². The summed E-state index contributed by atoms with van der Waals surface area (Å²) in [6.07, 6.45) is 5.44. The Balaban J connectivity index is 1.69. The number of hydrogen-bond donors (Lipinski definition) is 0. The molecule has 1 aliphatic rings. The van der Waals surface area contributed by atoms with Crippen LogP contribution in [0.3, 0.4) is 0 Å². The number of nitrogens with zero attached hydrogens (tertiary/aromatic N) is 4. The highest BCUT2D eigenvalue weighted by atomic mass is 32.2. The molecule has 1 aromatic carbocycles. The van der Waals surface area contributed by atoms with Crippen LogP contribution in [0.1, 0.15) is 29.7 Å². The van der Waals surface area contributed by atoms with Crippen molar-refractivity contribution in [2.75, 3.05) is 13.1 Å². The smallest absolute Gasteiger partial charge is 0.251 e. The first kappa shape index (κ1) is 19.0. The molecule has 1 atom stereocenters. The number of benzene rings is 1. The number of piperidine rings is 1. The van der Waals surface area contributed by atoms with Gasteiger partial charge in [0.05, 0.1) is 6.54 Å². The molecule has 1 aliphatic heterocycles. The van der Waals surface area contributed by atoms with E-state index >= 15 is 0 Å². The van der Waals surface area contributed by atoms with E-state index < -0.39 is 10.0 Å². The van der Waals surface area contributed by atoms with Crippen molar-refractivity contribution in [2.24, 2.45) is 0 Å². The van der Waals surface area contributed by atoms with Gasteiger partial charge in [-0.1, -0.05) is 29.8 Å². The van der Waals surface area contributed by atoms with Gasteiger partial charge in [0.25, 0.3) is 5.88 Å². The number of aromatic nitrogens is 2. The van der Waals surface area contributed by atoms with E-state index in [0.717, 1.165) is 11.1 Å². The maximum atomic E-state index is 12.7. The van der Waals surface area contributed by atoms with Crippen LogP contribution in [0.2, 0.25) is 0 Å². The Morgan fingerprint density at radius 2 is 2.00 bits per heavy atom. The van der Waals surface area contributed by atoms with Crippen molar-refractivity contribution in [3.05, 3.63) is 58.9 Å². The van der Waals surface area contributed by atoms with Crippen molar-refractivity contribution in [3.8, 4) is 11.9 Å². The van der Waals surface area contributed by atoms with Crippen molar-refractivity contribution in [1.82, 2.24) is 14.3 Å². The highest BCUT2D eigenvalue weighted by Gasteiger charge is 2.29. The minimum atomic E-state index is -3.56. The first-order valence-corrected chi connectivity index (χ1v) is 10.1. The van der Waals surface area contributed by atoms with Crippen LogP contribution >= 0.6 is 0 Å². The SMILES string of the molecule is Cc1ccc(/C=C/S(=O)(=O)N2CCCC(Oc3nccnc3C#N)C2)cc1. The Morgan fingerprint density at radius 3 is 2.74 bits per heavy atom. The topological polar surface area (TPSA) is 96.2 Å². The monoisotopic (exact) mass is 384 g/mol. The maximum Gasteiger partial charge on any atom is 0.251 e. The third-order valence-corrected chi connectivity index (χ3v) is 5.79. The number of nitriles is 1. The number of sulfonamides is 1. The standard InChI is InChI=1S/C19H20N4O3S/c1-15-4-6-16(7-5-15)8-12-27(24,25)23-11-2-3-17(14-23)26-19-18(13-20)21-9-10-22-19/h4-10,12,17H,2-3,11,14H2,1H3/b12-8+. The van der Waals surface area contributed by atoms with E-state index in [2.05, 4.69) is 9.97 Å². The van der Waals surface area contributed by atoms with Gasteiger partial charge in [-0.3, -0.25) is 0 Å². The van der Waals surface area contributed by atoms with Crippen LogP contribution in [0.25, 0.3) is 6.08 Å². The molecular weight excluding hydrogens is 364 g/mol. The van der Waals surface area contributed by atoms with E-state index in [0.29, 0.717) is 19.4 Å². The molecule has 1 saturated heterocycles. The fraction of sp³-hybridized carbons (Fsp3) is 0.316. The number of aryl methyl sites for hydroxylation is 1. The third-order valence-electron chi connectivity index (χ3n) is 4.26. The summed E-state index contributed by atoms with van der Waals surface area (Å²) in [4.78, 5) is 7.93. The summed E-state index contributed by atoms with van der Waals surface area (Å²) in [5.41, 5.74) is 2.04. The molecule has 8 heteroatoms.